The van der Waals surface area contributed by atoms with Crippen LogP contribution in [0.25, 0.3) is 0 Å². The molecule has 1 aliphatic heterocycles. The lowest BCUT2D eigenvalue weighted by Gasteiger charge is -2.26. The van der Waals surface area contributed by atoms with Crippen LogP contribution in [-0.2, 0) is 14.2 Å². The maximum absolute atomic E-state index is 11.8. The second kappa shape index (κ2) is 8.77. The summed E-state index contributed by atoms with van der Waals surface area (Å²) in [7, 11) is 0. The summed E-state index contributed by atoms with van der Waals surface area (Å²) >= 11 is 0. The molecular weight excluding hydrogens is 270 g/mol. The van der Waals surface area contributed by atoms with Gasteiger partial charge in [-0.1, -0.05) is 17.7 Å². The van der Waals surface area contributed by atoms with Gasteiger partial charge in [0, 0.05) is 19.6 Å². The molecule has 1 aliphatic rings. The van der Waals surface area contributed by atoms with Crippen LogP contribution in [0.5, 0.6) is 0 Å². The zero-order valence-corrected chi connectivity index (χ0v) is 12.5. The molecule has 5 nitrogen and oxygen atoms in total. The average Bonchev–Trinajstić information content (AvgIpc) is 2.51. The highest BCUT2D eigenvalue weighted by molar-refractivity contribution is 5.89. The van der Waals surface area contributed by atoms with E-state index >= 15 is 0 Å². The number of benzene rings is 1. The van der Waals surface area contributed by atoms with E-state index in [1.165, 1.54) is 0 Å². The largest absolute Gasteiger partial charge is 0.460 e. The second-order valence-electron chi connectivity index (χ2n) is 5.07. The number of carbonyl (C=O) groups is 1. The van der Waals surface area contributed by atoms with Crippen molar-refractivity contribution < 1.29 is 19.0 Å². The minimum atomic E-state index is -0.296. The molecule has 0 atom stereocenters. The Bertz CT molecular complexity index is 444. The van der Waals surface area contributed by atoms with Crippen molar-refractivity contribution in [1.82, 2.24) is 4.90 Å². The van der Waals surface area contributed by atoms with Gasteiger partial charge in [0.25, 0.3) is 0 Å². The maximum atomic E-state index is 11.8. The number of carbonyl (C=O) groups excluding carboxylic acids is 1. The van der Waals surface area contributed by atoms with E-state index in [1.807, 2.05) is 25.1 Å². The Morgan fingerprint density at radius 3 is 2.81 bits per heavy atom. The van der Waals surface area contributed by atoms with E-state index in [2.05, 4.69) is 4.90 Å². The van der Waals surface area contributed by atoms with Crippen molar-refractivity contribution in [3.63, 3.8) is 0 Å². The van der Waals surface area contributed by atoms with E-state index in [0.717, 1.165) is 38.4 Å². The lowest BCUT2D eigenvalue weighted by Crippen LogP contribution is -2.38. The van der Waals surface area contributed by atoms with Gasteiger partial charge in [-0.05, 0) is 19.1 Å². The zero-order chi connectivity index (χ0) is 14.9. The summed E-state index contributed by atoms with van der Waals surface area (Å²) in [6.07, 6.45) is 0. The molecule has 5 heteroatoms. The number of hydrogen-bond acceptors (Lipinski definition) is 5. The Balaban J connectivity index is 1.54. The molecule has 0 aromatic heterocycles. The van der Waals surface area contributed by atoms with Gasteiger partial charge in [-0.3, -0.25) is 4.90 Å². The number of aryl methyl sites for hydroxylation is 1. The fraction of sp³-hybridized carbons (Fsp3) is 0.562. The van der Waals surface area contributed by atoms with Crippen molar-refractivity contribution in [1.29, 1.82) is 0 Å². The highest BCUT2D eigenvalue weighted by Gasteiger charge is 2.09. The molecule has 0 radical (unpaired) electrons. The monoisotopic (exact) mass is 293 g/mol. The molecule has 1 aromatic rings. The first-order valence-corrected chi connectivity index (χ1v) is 7.37. The predicted molar refractivity (Wildman–Crippen MR) is 79.5 cm³/mol. The predicted octanol–water partition coefficient (Wildman–Crippen LogP) is 1.50. The first kappa shape index (κ1) is 15.9. The lowest BCUT2D eigenvalue weighted by atomic mass is 10.1. The molecule has 1 heterocycles. The lowest BCUT2D eigenvalue weighted by molar-refractivity contribution is 0.00884. The van der Waals surface area contributed by atoms with E-state index in [1.54, 1.807) is 6.07 Å². The van der Waals surface area contributed by atoms with Gasteiger partial charge in [-0.25, -0.2) is 4.79 Å². The molecule has 0 saturated carbocycles. The van der Waals surface area contributed by atoms with Crippen molar-refractivity contribution in [3.8, 4) is 0 Å². The SMILES string of the molecule is Cc1cccc(C(=O)OCCOCCN2CCOCC2)c1. The molecule has 0 unspecified atom stereocenters. The number of morpholine rings is 1. The Morgan fingerprint density at radius 1 is 1.24 bits per heavy atom. The van der Waals surface area contributed by atoms with Crippen molar-refractivity contribution in [3.05, 3.63) is 35.4 Å². The summed E-state index contributed by atoms with van der Waals surface area (Å²) in [5.41, 5.74) is 1.63. The third-order valence-corrected chi connectivity index (χ3v) is 3.37. The first-order valence-electron chi connectivity index (χ1n) is 7.37. The maximum Gasteiger partial charge on any atom is 0.338 e. The van der Waals surface area contributed by atoms with E-state index in [-0.39, 0.29) is 12.6 Å². The third-order valence-electron chi connectivity index (χ3n) is 3.37. The van der Waals surface area contributed by atoms with Crippen LogP contribution < -0.4 is 0 Å². The summed E-state index contributed by atoms with van der Waals surface area (Å²) in [5.74, 6) is -0.296. The van der Waals surface area contributed by atoms with Gasteiger partial charge >= 0.3 is 5.97 Å². The Kier molecular flexibility index (Phi) is 6.66. The van der Waals surface area contributed by atoms with Gasteiger partial charge in [0.15, 0.2) is 0 Å². The van der Waals surface area contributed by atoms with E-state index in [4.69, 9.17) is 14.2 Å². The summed E-state index contributed by atoms with van der Waals surface area (Å²) in [6.45, 7) is 7.75. The first-order chi connectivity index (χ1) is 10.3. The van der Waals surface area contributed by atoms with Crippen LogP contribution in [0.1, 0.15) is 15.9 Å². The van der Waals surface area contributed by atoms with Crippen molar-refractivity contribution >= 4 is 5.97 Å². The molecule has 0 aliphatic carbocycles. The van der Waals surface area contributed by atoms with Gasteiger partial charge in [-0.2, -0.15) is 0 Å². The minimum absolute atomic E-state index is 0.288. The summed E-state index contributed by atoms with van der Waals surface area (Å²) in [6, 6.07) is 7.38. The van der Waals surface area contributed by atoms with Crippen LogP contribution in [-0.4, -0.2) is 63.5 Å². The average molecular weight is 293 g/mol. The molecule has 0 amide bonds. The van der Waals surface area contributed by atoms with Gasteiger partial charge in [0.1, 0.15) is 6.61 Å². The van der Waals surface area contributed by atoms with Crippen LogP contribution in [0.2, 0.25) is 0 Å². The van der Waals surface area contributed by atoms with Crippen LogP contribution in [0.15, 0.2) is 24.3 Å². The molecule has 116 valence electrons. The van der Waals surface area contributed by atoms with Crippen molar-refractivity contribution in [2.45, 2.75) is 6.92 Å². The Hall–Kier alpha value is -1.43. The summed E-state index contributed by atoms with van der Waals surface area (Å²) in [4.78, 5) is 14.1. The summed E-state index contributed by atoms with van der Waals surface area (Å²) < 4.78 is 15.9. The van der Waals surface area contributed by atoms with Gasteiger partial charge in [0.05, 0.1) is 32.0 Å². The number of rotatable bonds is 7. The fourth-order valence-electron chi connectivity index (χ4n) is 2.17. The van der Waals surface area contributed by atoms with Gasteiger partial charge in [-0.15, -0.1) is 0 Å². The Morgan fingerprint density at radius 2 is 2.05 bits per heavy atom. The van der Waals surface area contributed by atoms with Crippen molar-refractivity contribution in [2.24, 2.45) is 0 Å². The zero-order valence-electron chi connectivity index (χ0n) is 12.5. The number of nitrogens with zero attached hydrogens (tertiary/aromatic N) is 1. The van der Waals surface area contributed by atoms with Gasteiger partial charge in [0.2, 0.25) is 0 Å². The highest BCUT2D eigenvalue weighted by atomic mass is 16.6. The van der Waals surface area contributed by atoms with E-state index < -0.39 is 0 Å². The highest BCUT2D eigenvalue weighted by Crippen LogP contribution is 2.05. The van der Waals surface area contributed by atoms with E-state index in [0.29, 0.717) is 18.8 Å². The molecular formula is C16H23NO4. The van der Waals surface area contributed by atoms with Gasteiger partial charge < -0.3 is 14.2 Å². The van der Waals surface area contributed by atoms with Crippen molar-refractivity contribution in [2.75, 3.05) is 52.7 Å². The molecule has 1 aromatic carbocycles. The normalized spacial score (nSPS) is 15.9. The quantitative estimate of drug-likeness (QED) is 0.563. The van der Waals surface area contributed by atoms with Crippen LogP contribution in [0.4, 0.5) is 0 Å². The second-order valence-corrected chi connectivity index (χ2v) is 5.07. The van der Waals surface area contributed by atoms with Crippen LogP contribution >= 0.6 is 0 Å². The number of ether oxygens (including phenoxy) is 3. The van der Waals surface area contributed by atoms with Crippen LogP contribution in [0.3, 0.4) is 0 Å². The fourth-order valence-corrected chi connectivity index (χ4v) is 2.17. The molecule has 21 heavy (non-hydrogen) atoms. The standard InChI is InChI=1S/C16H23NO4/c1-14-3-2-4-15(13-14)16(18)21-12-11-20-10-7-17-5-8-19-9-6-17/h2-4,13H,5-12H2,1H3. The summed E-state index contributed by atoms with van der Waals surface area (Å²) in [5, 5.41) is 0. The molecule has 1 saturated heterocycles. The molecule has 0 spiro atoms. The van der Waals surface area contributed by atoms with Crippen LogP contribution in [0, 0.1) is 6.92 Å². The molecule has 1 fully saturated rings. The molecule has 0 bridgehead atoms. The molecule has 2 rings (SSSR count). The van der Waals surface area contributed by atoms with E-state index in [9.17, 15) is 4.79 Å². The third kappa shape index (κ3) is 5.83. The Labute approximate surface area is 125 Å². The number of hydrogen-bond donors (Lipinski definition) is 0. The topological polar surface area (TPSA) is 48.0 Å². The molecule has 0 N–H and O–H groups in total. The smallest absolute Gasteiger partial charge is 0.338 e. The number of esters is 1. The minimum Gasteiger partial charge on any atom is -0.460 e.